The maximum atomic E-state index is 10.6. The zero-order chi connectivity index (χ0) is 12.0. The third-order valence-electron chi connectivity index (χ3n) is 2.39. The summed E-state index contributed by atoms with van der Waals surface area (Å²) in [5, 5.41) is 21.1. The van der Waals surface area contributed by atoms with Crippen molar-refractivity contribution in [2.75, 3.05) is 0 Å². The number of aliphatic hydroxyl groups excluding tert-OH is 1. The first-order chi connectivity index (χ1) is 7.59. The van der Waals surface area contributed by atoms with Crippen LogP contribution >= 0.6 is 0 Å². The van der Waals surface area contributed by atoms with Gasteiger partial charge >= 0.3 is 5.97 Å². The van der Waals surface area contributed by atoms with E-state index in [1.807, 2.05) is 30.3 Å². The molecule has 0 spiro atoms. The van der Waals surface area contributed by atoms with Gasteiger partial charge in [0.15, 0.2) is 0 Å². The molecule has 16 heavy (non-hydrogen) atoms. The van der Waals surface area contributed by atoms with Crippen LogP contribution in [0.2, 0.25) is 0 Å². The average molecular weight is 223 g/mol. The number of nitrogens with one attached hydrogen (secondary N) is 1. The van der Waals surface area contributed by atoms with Crippen LogP contribution in [0, 0.1) is 0 Å². The van der Waals surface area contributed by atoms with Gasteiger partial charge < -0.3 is 15.5 Å². The first kappa shape index (κ1) is 12.7. The summed E-state index contributed by atoms with van der Waals surface area (Å²) < 4.78 is 0. The Labute approximate surface area is 94.9 Å². The molecule has 0 saturated carbocycles. The molecule has 0 aliphatic heterocycles. The van der Waals surface area contributed by atoms with Crippen molar-refractivity contribution in [2.45, 2.75) is 32.0 Å². The summed E-state index contributed by atoms with van der Waals surface area (Å²) >= 11 is 0. The lowest BCUT2D eigenvalue weighted by Crippen LogP contribution is -2.39. The third-order valence-corrected chi connectivity index (χ3v) is 2.39. The first-order valence-corrected chi connectivity index (χ1v) is 5.26. The molecule has 0 saturated heterocycles. The number of carboxylic acid groups (broad SMARTS) is 1. The van der Waals surface area contributed by atoms with Gasteiger partial charge in [0.25, 0.3) is 0 Å². The van der Waals surface area contributed by atoms with E-state index in [-0.39, 0.29) is 6.42 Å². The van der Waals surface area contributed by atoms with Gasteiger partial charge in [0, 0.05) is 12.6 Å². The Morgan fingerprint density at radius 3 is 2.50 bits per heavy atom. The van der Waals surface area contributed by atoms with Crippen molar-refractivity contribution in [3.63, 3.8) is 0 Å². The van der Waals surface area contributed by atoms with E-state index in [0.29, 0.717) is 6.54 Å². The second-order valence-corrected chi connectivity index (χ2v) is 3.81. The second kappa shape index (κ2) is 6.25. The molecule has 3 N–H and O–H groups in total. The predicted molar refractivity (Wildman–Crippen MR) is 61.0 cm³/mol. The van der Waals surface area contributed by atoms with Crippen molar-refractivity contribution in [2.24, 2.45) is 0 Å². The van der Waals surface area contributed by atoms with E-state index in [0.717, 1.165) is 5.56 Å². The van der Waals surface area contributed by atoms with Gasteiger partial charge in [-0.1, -0.05) is 30.3 Å². The summed E-state index contributed by atoms with van der Waals surface area (Å²) in [4.78, 5) is 10.6. The highest BCUT2D eigenvalue weighted by Gasteiger charge is 2.17. The van der Waals surface area contributed by atoms with E-state index >= 15 is 0 Å². The van der Waals surface area contributed by atoms with Crippen LogP contribution in [0.25, 0.3) is 0 Å². The predicted octanol–water partition coefficient (Wildman–Crippen LogP) is 1.00. The molecule has 0 aliphatic carbocycles. The molecular weight excluding hydrogens is 206 g/mol. The molecule has 1 aromatic rings. The molecule has 0 radical (unpaired) electrons. The van der Waals surface area contributed by atoms with Crippen LogP contribution in [0.1, 0.15) is 18.9 Å². The number of aliphatic hydroxyl groups is 1. The van der Waals surface area contributed by atoms with Gasteiger partial charge in [-0.05, 0) is 12.5 Å². The summed E-state index contributed by atoms with van der Waals surface area (Å²) in [6.07, 6.45) is -0.760. The summed E-state index contributed by atoms with van der Waals surface area (Å²) in [6.45, 7) is 2.15. The number of hydrogen-bond donors (Lipinski definition) is 3. The molecule has 0 fully saturated rings. The van der Waals surface area contributed by atoms with Crippen molar-refractivity contribution < 1.29 is 15.0 Å². The molecule has 1 aromatic carbocycles. The van der Waals surface area contributed by atoms with E-state index in [1.54, 1.807) is 6.92 Å². The number of benzene rings is 1. The molecule has 0 bridgehead atoms. The highest BCUT2D eigenvalue weighted by atomic mass is 16.4. The molecule has 0 aliphatic rings. The SMILES string of the molecule is C[C@@H](O)[C@@H](CC(=O)O)NCc1ccccc1. The molecule has 0 amide bonds. The van der Waals surface area contributed by atoms with Gasteiger partial charge in [-0.3, -0.25) is 4.79 Å². The Kier molecular flexibility index (Phi) is 4.95. The van der Waals surface area contributed by atoms with Crippen LogP contribution < -0.4 is 5.32 Å². The number of carboxylic acids is 1. The Bertz CT molecular complexity index is 324. The number of hydrogen-bond acceptors (Lipinski definition) is 3. The maximum Gasteiger partial charge on any atom is 0.305 e. The molecule has 4 heteroatoms. The fourth-order valence-corrected chi connectivity index (χ4v) is 1.45. The van der Waals surface area contributed by atoms with E-state index < -0.39 is 18.1 Å². The number of rotatable bonds is 6. The molecule has 0 aromatic heterocycles. The van der Waals surface area contributed by atoms with Crippen molar-refractivity contribution in [3.05, 3.63) is 35.9 Å². The Balaban J connectivity index is 2.47. The van der Waals surface area contributed by atoms with Gasteiger partial charge in [0.2, 0.25) is 0 Å². The highest BCUT2D eigenvalue weighted by molar-refractivity contribution is 5.67. The van der Waals surface area contributed by atoms with Crippen LogP contribution in [0.15, 0.2) is 30.3 Å². The average Bonchev–Trinajstić information content (AvgIpc) is 2.25. The van der Waals surface area contributed by atoms with Crippen molar-refractivity contribution >= 4 is 5.97 Å². The van der Waals surface area contributed by atoms with E-state index in [2.05, 4.69) is 5.32 Å². The summed E-state index contributed by atoms with van der Waals surface area (Å²) in [6, 6.07) is 9.25. The monoisotopic (exact) mass is 223 g/mol. The summed E-state index contributed by atoms with van der Waals surface area (Å²) in [5.74, 6) is -0.911. The van der Waals surface area contributed by atoms with Gasteiger partial charge in [0.05, 0.1) is 12.5 Å². The molecule has 0 unspecified atom stereocenters. The standard InChI is InChI=1S/C12H17NO3/c1-9(14)11(7-12(15)16)13-8-10-5-3-2-4-6-10/h2-6,9,11,13-14H,7-8H2,1H3,(H,15,16)/t9-,11-/m1/s1. The number of aliphatic carboxylic acids is 1. The molecular formula is C12H17NO3. The second-order valence-electron chi connectivity index (χ2n) is 3.81. The lowest BCUT2D eigenvalue weighted by Gasteiger charge is -2.19. The fraction of sp³-hybridized carbons (Fsp3) is 0.417. The quantitative estimate of drug-likeness (QED) is 0.673. The van der Waals surface area contributed by atoms with Crippen molar-refractivity contribution in [3.8, 4) is 0 Å². The minimum atomic E-state index is -0.911. The van der Waals surface area contributed by atoms with Gasteiger partial charge in [-0.15, -0.1) is 0 Å². The Morgan fingerprint density at radius 1 is 1.38 bits per heavy atom. The maximum absolute atomic E-state index is 10.6. The Morgan fingerprint density at radius 2 is 2.00 bits per heavy atom. The zero-order valence-electron chi connectivity index (χ0n) is 9.26. The normalized spacial score (nSPS) is 14.4. The van der Waals surface area contributed by atoms with Crippen LogP contribution in [0.4, 0.5) is 0 Å². The topological polar surface area (TPSA) is 69.6 Å². The minimum Gasteiger partial charge on any atom is -0.481 e. The summed E-state index contributed by atoms with van der Waals surface area (Å²) in [7, 11) is 0. The lowest BCUT2D eigenvalue weighted by molar-refractivity contribution is -0.138. The minimum absolute atomic E-state index is 0.0789. The summed E-state index contributed by atoms with van der Waals surface area (Å²) in [5.41, 5.74) is 1.07. The highest BCUT2D eigenvalue weighted by Crippen LogP contribution is 2.03. The zero-order valence-corrected chi connectivity index (χ0v) is 9.26. The van der Waals surface area contributed by atoms with E-state index in [1.165, 1.54) is 0 Å². The third kappa shape index (κ3) is 4.42. The van der Waals surface area contributed by atoms with Crippen molar-refractivity contribution in [1.82, 2.24) is 5.32 Å². The molecule has 1 rings (SSSR count). The molecule has 0 heterocycles. The fourth-order valence-electron chi connectivity index (χ4n) is 1.45. The van der Waals surface area contributed by atoms with Crippen molar-refractivity contribution in [1.29, 1.82) is 0 Å². The van der Waals surface area contributed by atoms with Gasteiger partial charge in [0.1, 0.15) is 0 Å². The van der Waals surface area contributed by atoms with Crippen LogP contribution in [0.3, 0.4) is 0 Å². The smallest absolute Gasteiger partial charge is 0.305 e. The molecule has 2 atom stereocenters. The first-order valence-electron chi connectivity index (χ1n) is 5.26. The van der Waals surface area contributed by atoms with Crippen LogP contribution in [-0.4, -0.2) is 28.3 Å². The molecule has 88 valence electrons. The van der Waals surface area contributed by atoms with Crippen LogP contribution in [-0.2, 0) is 11.3 Å². The van der Waals surface area contributed by atoms with Gasteiger partial charge in [-0.25, -0.2) is 0 Å². The van der Waals surface area contributed by atoms with Gasteiger partial charge in [-0.2, -0.15) is 0 Å². The van der Waals surface area contributed by atoms with Crippen LogP contribution in [0.5, 0.6) is 0 Å². The van der Waals surface area contributed by atoms with E-state index in [9.17, 15) is 9.90 Å². The number of carbonyl (C=O) groups is 1. The van der Waals surface area contributed by atoms with E-state index in [4.69, 9.17) is 5.11 Å². The largest absolute Gasteiger partial charge is 0.481 e. The lowest BCUT2D eigenvalue weighted by atomic mass is 10.1. The molecule has 4 nitrogen and oxygen atoms in total. The Hall–Kier alpha value is -1.39.